The number of hydrogen-bond donors (Lipinski definition) is 2. The first kappa shape index (κ1) is 13.0. The number of hydrogen-bond acceptors (Lipinski definition) is 3. The largest absolute Gasteiger partial charge is 0.481 e. The standard InChI is InChI=1S/C12H11F2N3O2/c13-8-1-2-11(10(14)3-8)19-6-12(18)16-5-9-4-15-7-17-9/h1-4,7H,5-6H2,(H,15,17)(H,16,18). The summed E-state index contributed by atoms with van der Waals surface area (Å²) >= 11 is 0. The maximum absolute atomic E-state index is 13.2. The van der Waals surface area contributed by atoms with Crippen LogP contribution >= 0.6 is 0 Å². The van der Waals surface area contributed by atoms with Crippen molar-refractivity contribution < 1.29 is 18.3 Å². The van der Waals surface area contributed by atoms with E-state index < -0.39 is 17.5 Å². The fourth-order valence-corrected chi connectivity index (χ4v) is 1.36. The number of nitrogens with one attached hydrogen (secondary N) is 2. The number of carbonyl (C=O) groups excluding carboxylic acids is 1. The summed E-state index contributed by atoms with van der Waals surface area (Å²) in [6.07, 6.45) is 3.06. The number of benzene rings is 1. The molecule has 0 bridgehead atoms. The zero-order chi connectivity index (χ0) is 13.7. The molecule has 1 aromatic heterocycles. The summed E-state index contributed by atoms with van der Waals surface area (Å²) < 4.78 is 30.8. The molecule has 0 atom stereocenters. The molecule has 0 saturated heterocycles. The number of carbonyl (C=O) groups is 1. The Balaban J connectivity index is 1.80. The summed E-state index contributed by atoms with van der Waals surface area (Å²) in [5.41, 5.74) is 0.737. The fourth-order valence-electron chi connectivity index (χ4n) is 1.36. The van der Waals surface area contributed by atoms with Crippen molar-refractivity contribution in [2.75, 3.05) is 6.61 Å². The average molecular weight is 267 g/mol. The van der Waals surface area contributed by atoms with Crippen LogP contribution in [0, 0.1) is 11.6 Å². The lowest BCUT2D eigenvalue weighted by Gasteiger charge is -2.07. The second-order valence-electron chi connectivity index (χ2n) is 3.72. The summed E-state index contributed by atoms with van der Waals surface area (Å²) in [5, 5.41) is 2.55. The minimum absolute atomic E-state index is 0.168. The maximum Gasteiger partial charge on any atom is 0.258 e. The Morgan fingerprint density at radius 2 is 2.26 bits per heavy atom. The molecule has 0 unspecified atom stereocenters. The monoisotopic (exact) mass is 267 g/mol. The van der Waals surface area contributed by atoms with E-state index in [1.165, 1.54) is 6.33 Å². The number of rotatable bonds is 5. The van der Waals surface area contributed by atoms with E-state index in [4.69, 9.17) is 4.74 Å². The molecule has 0 saturated carbocycles. The Hall–Kier alpha value is -2.44. The summed E-state index contributed by atoms with van der Waals surface area (Å²) in [4.78, 5) is 18.0. The third-order valence-electron chi connectivity index (χ3n) is 2.28. The number of H-pyrrole nitrogens is 1. The molecule has 19 heavy (non-hydrogen) atoms. The van der Waals surface area contributed by atoms with Crippen molar-refractivity contribution in [2.24, 2.45) is 0 Å². The van der Waals surface area contributed by atoms with Gasteiger partial charge in [0.1, 0.15) is 5.82 Å². The van der Waals surface area contributed by atoms with Gasteiger partial charge in [-0.3, -0.25) is 4.79 Å². The van der Waals surface area contributed by atoms with Gasteiger partial charge in [0.15, 0.2) is 18.2 Å². The van der Waals surface area contributed by atoms with E-state index in [1.807, 2.05) is 0 Å². The molecule has 0 fully saturated rings. The van der Waals surface area contributed by atoms with E-state index in [0.717, 1.165) is 17.8 Å². The number of ether oxygens (including phenoxy) is 1. The van der Waals surface area contributed by atoms with E-state index in [2.05, 4.69) is 15.3 Å². The first-order valence-electron chi connectivity index (χ1n) is 5.47. The van der Waals surface area contributed by atoms with Crippen molar-refractivity contribution in [2.45, 2.75) is 6.54 Å². The van der Waals surface area contributed by atoms with Gasteiger partial charge in [-0.05, 0) is 12.1 Å². The lowest BCUT2D eigenvalue weighted by atomic mass is 10.3. The third kappa shape index (κ3) is 3.77. The average Bonchev–Trinajstić information content (AvgIpc) is 2.88. The Kier molecular flexibility index (Phi) is 4.07. The highest BCUT2D eigenvalue weighted by Crippen LogP contribution is 2.17. The van der Waals surface area contributed by atoms with Gasteiger partial charge >= 0.3 is 0 Å². The molecule has 0 radical (unpaired) electrons. The van der Waals surface area contributed by atoms with Crippen molar-refractivity contribution in [1.82, 2.24) is 15.3 Å². The van der Waals surface area contributed by atoms with Gasteiger partial charge in [-0.2, -0.15) is 0 Å². The van der Waals surface area contributed by atoms with Crippen molar-refractivity contribution >= 4 is 5.91 Å². The highest BCUT2D eigenvalue weighted by atomic mass is 19.1. The Bertz CT molecular complexity index is 558. The molecule has 2 rings (SSSR count). The van der Waals surface area contributed by atoms with Crippen LogP contribution in [-0.2, 0) is 11.3 Å². The minimum Gasteiger partial charge on any atom is -0.481 e. The van der Waals surface area contributed by atoms with Crippen LogP contribution in [0.2, 0.25) is 0 Å². The van der Waals surface area contributed by atoms with E-state index in [0.29, 0.717) is 6.07 Å². The van der Waals surface area contributed by atoms with Crippen molar-refractivity contribution in [3.05, 3.63) is 48.1 Å². The lowest BCUT2D eigenvalue weighted by molar-refractivity contribution is -0.123. The molecule has 1 aromatic carbocycles. The normalized spacial score (nSPS) is 10.2. The topological polar surface area (TPSA) is 67.0 Å². The molecule has 7 heteroatoms. The molecule has 1 amide bonds. The van der Waals surface area contributed by atoms with Crippen molar-refractivity contribution in [3.63, 3.8) is 0 Å². The molecule has 0 aliphatic heterocycles. The molecular formula is C12H11F2N3O2. The first-order chi connectivity index (χ1) is 9.15. The van der Waals surface area contributed by atoms with E-state index >= 15 is 0 Å². The van der Waals surface area contributed by atoms with Crippen molar-refractivity contribution in [3.8, 4) is 5.75 Å². The number of aromatic nitrogens is 2. The second-order valence-corrected chi connectivity index (χ2v) is 3.72. The number of amides is 1. The van der Waals surface area contributed by atoms with E-state index in [1.54, 1.807) is 6.20 Å². The van der Waals surface area contributed by atoms with Crippen LogP contribution in [0.4, 0.5) is 8.78 Å². The summed E-state index contributed by atoms with van der Waals surface area (Å²) in [6, 6.07) is 2.88. The van der Waals surface area contributed by atoms with Crippen LogP contribution in [0.1, 0.15) is 5.69 Å². The minimum atomic E-state index is -0.846. The van der Waals surface area contributed by atoms with Gasteiger partial charge in [-0.15, -0.1) is 0 Å². The van der Waals surface area contributed by atoms with Crippen LogP contribution in [0.25, 0.3) is 0 Å². The number of imidazole rings is 1. The van der Waals surface area contributed by atoms with Crippen LogP contribution in [-0.4, -0.2) is 22.5 Å². The van der Waals surface area contributed by atoms with E-state index in [-0.39, 0.29) is 18.9 Å². The van der Waals surface area contributed by atoms with Gasteiger partial charge in [-0.25, -0.2) is 13.8 Å². The predicted octanol–water partition coefficient (Wildman–Crippen LogP) is 1.38. The van der Waals surface area contributed by atoms with Crippen LogP contribution < -0.4 is 10.1 Å². The maximum atomic E-state index is 13.2. The van der Waals surface area contributed by atoms with Gasteiger partial charge in [0, 0.05) is 12.3 Å². The van der Waals surface area contributed by atoms with Crippen LogP contribution in [0.3, 0.4) is 0 Å². The van der Waals surface area contributed by atoms with E-state index in [9.17, 15) is 13.6 Å². The highest BCUT2D eigenvalue weighted by molar-refractivity contribution is 5.77. The summed E-state index contributed by atoms with van der Waals surface area (Å²) in [5.74, 6) is -2.13. The Morgan fingerprint density at radius 3 is 2.95 bits per heavy atom. The number of halogens is 2. The molecule has 0 aliphatic carbocycles. The molecule has 2 aromatic rings. The highest BCUT2D eigenvalue weighted by Gasteiger charge is 2.08. The van der Waals surface area contributed by atoms with Gasteiger partial charge in [0.05, 0.1) is 18.6 Å². The smallest absolute Gasteiger partial charge is 0.258 e. The second kappa shape index (κ2) is 5.94. The molecule has 5 nitrogen and oxygen atoms in total. The predicted molar refractivity (Wildman–Crippen MR) is 62.3 cm³/mol. The van der Waals surface area contributed by atoms with Crippen molar-refractivity contribution in [1.29, 1.82) is 0 Å². The molecule has 0 spiro atoms. The Morgan fingerprint density at radius 1 is 1.42 bits per heavy atom. The lowest BCUT2D eigenvalue weighted by Crippen LogP contribution is -2.28. The fraction of sp³-hybridized carbons (Fsp3) is 0.167. The summed E-state index contributed by atoms with van der Waals surface area (Å²) in [7, 11) is 0. The quantitative estimate of drug-likeness (QED) is 0.860. The molecule has 1 heterocycles. The zero-order valence-electron chi connectivity index (χ0n) is 9.82. The molecular weight excluding hydrogens is 256 g/mol. The zero-order valence-corrected chi connectivity index (χ0v) is 9.82. The van der Waals surface area contributed by atoms with Gasteiger partial charge in [0.2, 0.25) is 0 Å². The van der Waals surface area contributed by atoms with Gasteiger partial charge < -0.3 is 15.0 Å². The molecule has 100 valence electrons. The van der Waals surface area contributed by atoms with Crippen LogP contribution in [0.5, 0.6) is 5.75 Å². The van der Waals surface area contributed by atoms with Gasteiger partial charge in [-0.1, -0.05) is 0 Å². The van der Waals surface area contributed by atoms with Gasteiger partial charge in [0.25, 0.3) is 5.91 Å². The Labute approximate surface area is 107 Å². The SMILES string of the molecule is O=C(COc1ccc(F)cc1F)NCc1cnc[nH]1. The van der Waals surface area contributed by atoms with Crippen LogP contribution in [0.15, 0.2) is 30.7 Å². The molecule has 2 N–H and O–H groups in total. The summed E-state index contributed by atoms with van der Waals surface area (Å²) in [6.45, 7) is -0.0786. The molecule has 0 aliphatic rings. The first-order valence-corrected chi connectivity index (χ1v) is 5.47. The third-order valence-corrected chi connectivity index (χ3v) is 2.28. The number of nitrogens with zero attached hydrogens (tertiary/aromatic N) is 1. The number of aromatic amines is 1.